The van der Waals surface area contributed by atoms with Crippen LogP contribution in [0.5, 0.6) is 5.75 Å². The van der Waals surface area contributed by atoms with Gasteiger partial charge in [-0.2, -0.15) is 0 Å². The lowest BCUT2D eigenvalue weighted by Gasteiger charge is -2.31. The van der Waals surface area contributed by atoms with E-state index >= 15 is 0 Å². The summed E-state index contributed by atoms with van der Waals surface area (Å²) < 4.78 is 16.8. The van der Waals surface area contributed by atoms with Crippen molar-refractivity contribution in [3.63, 3.8) is 0 Å². The molecule has 0 saturated carbocycles. The van der Waals surface area contributed by atoms with Crippen LogP contribution in [0.2, 0.25) is 5.02 Å². The third kappa shape index (κ3) is 11.3. The SMILES string of the molecule is COc1ccc(C[C@H]2NC(=O)/C=C/C[C@@H]([C@H](C)[C@H](Cl)[C@@H](O)c3ccccc3)OC(=O)[C@H](CC(C)C)OC(=O)[C@H](C)CNC2=O)cc1Cl. The van der Waals surface area contributed by atoms with E-state index in [1.807, 2.05) is 19.9 Å². The van der Waals surface area contributed by atoms with Gasteiger partial charge in [-0.1, -0.05) is 81.8 Å². The average molecular weight is 692 g/mol. The number of rotatable bonds is 9. The minimum absolute atomic E-state index is 0.0201. The van der Waals surface area contributed by atoms with Crippen LogP contribution in [0.4, 0.5) is 0 Å². The number of hydrogen-bond donors (Lipinski definition) is 3. The quantitative estimate of drug-likeness (QED) is 0.249. The largest absolute Gasteiger partial charge is 0.495 e. The number of alkyl halides is 1. The molecule has 0 unspecified atom stereocenters. The Bertz CT molecular complexity index is 1400. The Labute approximate surface area is 286 Å². The fraction of sp³-hybridized carbons (Fsp3) is 0.486. The number of carbonyl (C=O) groups is 4. The van der Waals surface area contributed by atoms with Crippen molar-refractivity contribution >= 4 is 47.0 Å². The molecule has 1 aliphatic heterocycles. The van der Waals surface area contributed by atoms with E-state index in [0.29, 0.717) is 21.9 Å². The number of aliphatic hydroxyl groups is 1. The van der Waals surface area contributed by atoms with Gasteiger partial charge in [0.1, 0.15) is 17.9 Å². The van der Waals surface area contributed by atoms with Gasteiger partial charge in [-0.15, -0.1) is 11.6 Å². The lowest BCUT2D eigenvalue weighted by Crippen LogP contribution is -2.49. The predicted molar refractivity (Wildman–Crippen MR) is 179 cm³/mol. The van der Waals surface area contributed by atoms with Gasteiger partial charge in [-0.3, -0.25) is 14.4 Å². The van der Waals surface area contributed by atoms with Crippen LogP contribution >= 0.6 is 23.2 Å². The van der Waals surface area contributed by atoms with E-state index in [4.69, 9.17) is 37.4 Å². The van der Waals surface area contributed by atoms with Gasteiger partial charge in [-0.25, -0.2) is 4.79 Å². The van der Waals surface area contributed by atoms with E-state index < -0.39 is 65.3 Å². The van der Waals surface area contributed by atoms with Crippen LogP contribution in [0.15, 0.2) is 60.7 Å². The number of methoxy groups -OCH3 is 1. The molecule has 0 radical (unpaired) electrons. The number of ether oxygens (including phenoxy) is 3. The van der Waals surface area contributed by atoms with Gasteiger partial charge in [0.25, 0.3) is 0 Å². The maximum absolute atomic E-state index is 13.5. The Hall–Kier alpha value is -3.60. The molecule has 0 aromatic heterocycles. The molecule has 2 aromatic rings. The van der Waals surface area contributed by atoms with E-state index in [-0.39, 0.29) is 31.7 Å². The molecular formula is C35H44Cl2N2O8. The Morgan fingerprint density at radius 3 is 2.36 bits per heavy atom. The second-order valence-electron chi connectivity index (χ2n) is 12.2. The summed E-state index contributed by atoms with van der Waals surface area (Å²) in [5.41, 5.74) is 1.27. The molecule has 1 heterocycles. The fourth-order valence-corrected chi connectivity index (χ4v) is 5.66. The number of esters is 2. The zero-order chi connectivity index (χ0) is 34.7. The van der Waals surface area contributed by atoms with Gasteiger partial charge in [-0.05, 0) is 41.7 Å². The molecule has 2 aromatic carbocycles. The number of cyclic esters (lactones) is 2. The molecular weight excluding hydrogens is 647 g/mol. The first-order chi connectivity index (χ1) is 22.3. The van der Waals surface area contributed by atoms with Crippen LogP contribution in [0.3, 0.4) is 0 Å². The molecule has 3 rings (SSSR count). The van der Waals surface area contributed by atoms with Crippen LogP contribution in [-0.2, 0) is 35.1 Å². The van der Waals surface area contributed by atoms with E-state index in [0.717, 1.165) is 0 Å². The first-order valence-corrected chi connectivity index (χ1v) is 16.5. The first-order valence-electron chi connectivity index (χ1n) is 15.7. The second-order valence-corrected chi connectivity index (χ2v) is 13.1. The molecule has 0 fully saturated rings. The highest BCUT2D eigenvalue weighted by molar-refractivity contribution is 6.32. The highest BCUT2D eigenvalue weighted by atomic mass is 35.5. The lowest BCUT2D eigenvalue weighted by molar-refractivity contribution is -0.176. The summed E-state index contributed by atoms with van der Waals surface area (Å²) in [4.78, 5) is 53.0. The van der Waals surface area contributed by atoms with Gasteiger partial charge >= 0.3 is 11.9 Å². The van der Waals surface area contributed by atoms with Crippen LogP contribution in [-0.4, -0.2) is 66.1 Å². The summed E-state index contributed by atoms with van der Waals surface area (Å²) in [5.74, 6) is -3.51. The van der Waals surface area contributed by atoms with E-state index in [9.17, 15) is 24.3 Å². The number of halogens is 2. The molecule has 0 spiro atoms. The predicted octanol–water partition coefficient (Wildman–Crippen LogP) is 4.93. The zero-order valence-corrected chi connectivity index (χ0v) is 28.8. The maximum Gasteiger partial charge on any atom is 0.347 e. The van der Waals surface area contributed by atoms with Crippen LogP contribution in [0, 0.1) is 17.8 Å². The smallest absolute Gasteiger partial charge is 0.347 e. The summed E-state index contributed by atoms with van der Waals surface area (Å²) in [6, 6.07) is 12.9. The highest BCUT2D eigenvalue weighted by Gasteiger charge is 2.36. The molecule has 1 aliphatic rings. The molecule has 256 valence electrons. The van der Waals surface area contributed by atoms with Gasteiger partial charge in [0, 0.05) is 25.3 Å². The second kappa shape index (κ2) is 18.1. The van der Waals surface area contributed by atoms with Crippen LogP contribution in [0.25, 0.3) is 0 Å². The molecule has 12 heteroatoms. The number of benzene rings is 2. The average Bonchev–Trinajstić information content (AvgIpc) is 3.04. The van der Waals surface area contributed by atoms with Gasteiger partial charge in [0.15, 0.2) is 6.10 Å². The van der Waals surface area contributed by atoms with Crippen LogP contribution in [0.1, 0.15) is 57.8 Å². The molecule has 7 atom stereocenters. The summed E-state index contributed by atoms with van der Waals surface area (Å²) in [7, 11) is 1.49. The minimum atomic E-state index is -1.21. The highest BCUT2D eigenvalue weighted by Crippen LogP contribution is 2.31. The normalized spacial score (nSPS) is 24.3. The maximum atomic E-state index is 13.5. The monoisotopic (exact) mass is 690 g/mol. The van der Waals surface area contributed by atoms with Crippen molar-refractivity contribution in [2.24, 2.45) is 17.8 Å². The van der Waals surface area contributed by atoms with E-state index in [1.165, 1.54) is 19.3 Å². The molecule has 3 N–H and O–H groups in total. The summed E-state index contributed by atoms with van der Waals surface area (Å²) >= 11 is 13.0. The topological polar surface area (TPSA) is 140 Å². The van der Waals surface area contributed by atoms with Gasteiger partial charge < -0.3 is 30.0 Å². The number of hydrogen-bond acceptors (Lipinski definition) is 8. The minimum Gasteiger partial charge on any atom is -0.495 e. The molecule has 2 amide bonds. The van der Waals surface area contributed by atoms with Crippen LogP contribution < -0.4 is 15.4 Å². The Morgan fingerprint density at radius 2 is 1.72 bits per heavy atom. The third-order valence-corrected chi connectivity index (χ3v) is 8.85. The number of amides is 2. The van der Waals surface area contributed by atoms with Gasteiger partial charge in [0.2, 0.25) is 11.8 Å². The Balaban J connectivity index is 1.92. The van der Waals surface area contributed by atoms with Crippen molar-refractivity contribution in [3.05, 3.63) is 76.8 Å². The van der Waals surface area contributed by atoms with Crippen molar-refractivity contribution in [1.82, 2.24) is 10.6 Å². The van der Waals surface area contributed by atoms with Gasteiger partial charge in [0.05, 0.1) is 29.5 Å². The van der Waals surface area contributed by atoms with Crippen molar-refractivity contribution in [3.8, 4) is 5.75 Å². The molecule has 0 aliphatic carbocycles. The molecule has 0 bridgehead atoms. The van der Waals surface area contributed by atoms with E-state index in [1.54, 1.807) is 56.3 Å². The lowest BCUT2D eigenvalue weighted by atomic mass is 9.91. The summed E-state index contributed by atoms with van der Waals surface area (Å²) in [5, 5.41) is 15.9. The fourth-order valence-electron chi connectivity index (χ4n) is 5.07. The third-order valence-electron chi connectivity index (χ3n) is 7.92. The number of nitrogens with one attached hydrogen (secondary N) is 2. The summed E-state index contributed by atoms with van der Waals surface area (Å²) in [6.45, 7) is 6.97. The number of aliphatic hydroxyl groups excluding tert-OH is 1. The van der Waals surface area contributed by atoms with Crippen molar-refractivity contribution < 1.29 is 38.5 Å². The standard InChI is InChI=1S/C35H44Cl2N2O8/c1-20(2)16-29-35(44)46-27(22(4)31(37)32(41)24-10-7-6-8-11-24)12-9-13-30(40)39-26(33(42)38-19-21(3)34(43)47-29)18-23-14-15-28(45-5)25(36)17-23/h6-11,13-15,17,20-22,26-27,29,31-32,41H,12,16,18-19H2,1-5H3,(H,38,42)(H,39,40)/b13-9+/t21-,22+,26-,27+,29+,31+,32+/m1/s1. The number of carbonyl (C=O) groups excluding carboxylic acids is 4. The molecule has 47 heavy (non-hydrogen) atoms. The summed E-state index contributed by atoms with van der Waals surface area (Å²) in [6.07, 6.45) is -0.0588. The van der Waals surface area contributed by atoms with Crippen molar-refractivity contribution in [1.29, 1.82) is 0 Å². The van der Waals surface area contributed by atoms with Crippen molar-refractivity contribution in [2.75, 3.05) is 13.7 Å². The Kier molecular flexibility index (Phi) is 14.6. The molecule has 0 saturated heterocycles. The first kappa shape index (κ1) is 37.9. The zero-order valence-electron chi connectivity index (χ0n) is 27.3. The van der Waals surface area contributed by atoms with E-state index in [2.05, 4.69) is 10.6 Å². The molecule has 10 nitrogen and oxygen atoms in total. The van der Waals surface area contributed by atoms with Crippen molar-refractivity contribution in [2.45, 2.75) is 76.7 Å². The Morgan fingerprint density at radius 1 is 1.02 bits per heavy atom.